The number of benzene rings is 1. The molecule has 7 heteroatoms. The number of rotatable bonds is 2. The SMILES string of the molecule is CC(C)N1C(=O)C(=Cc2ccc(C(F)(F)F)cc2)N(C)C1=S. The molecule has 1 aromatic carbocycles. The van der Waals surface area contributed by atoms with Crippen LogP contribution in [-0.2, 0) is 11.0 Å². The molecule has 118 valence electrons. The van der Waals surface area contributed by atoms with Crippen LogP contribution in [0.3, 0.4) is 0 Å². The number of nitrogens with zero attached hydrogens (tertiary/aromatic N) is 2. The van der Waals surface area contributed by atoms with Crippen LogP contribution in [0.4, 0.5) is 13.2 Å². The topological polar surface area (TPSA) is 23.6 Å². The highest BCUT2D eigenvalue weighted by molar-refractivity contribution is 7.80. The Morgan fingerprint density at radius 3 is 2.14 bits per heavy atom. The van der Waals surface area contributed by atoms with E-state index in [1.807, 2.05) is 13.8 Å². The van der Waals surface area contributed by atoms with E-state index < -0.39 is 11.7 Å². The minimum Gasteiger partial charge on any atom is -0.317 e. The average molecular weight is 328 g/mol. The number of likely N-dealkylation sites (N-methyl/N-ethyl adjacent to an activating group) is 1. The van der Waals surface area contributed by atoms with Gasteiger partial charge < -0.3 is 4.90 Å². The first-order valence-corrected chi connectivity index (χ1v) is 7.04. The molecule has 0 aliphatic carbocycles. The Balaban J connectivity index is 2.33. The molecule has 0 unspecified atom stereocenters. The van der Waals surface area contributed by atoms with Crippen LogP contribution in [0.15, 0.2) is 30.0 Å². The predicted molar refractivity (Wildman–Crippen MR) is 81.8 cm³/mol. The van der Waals surface area contributed by atoms with Gasteiger partial charge in [-0.15, -0.1) is 0 Å². The Kier molecular flexibility index (Phi) is 4.28. The lowest BCUT2D eigenvalue weighted by molar-refractivity contribution is -0.137. The van der Waals surface area contributed by atoms with Crippen molar-refractivity contribution in [2.45, 2.75) is 26.1 Å². The number of carbonyl (C=O) groups excluding carboxylic acids is 1. The number of alkyl halides is 3. The van der Waals surface area contributed by atoms with E-state index in [9.17, 15) is 18.0 Å². The summed E-state index contributed by atoms with van der Waals surface area (Å²) in [6.45, 7) is 3.69. The minimum atomic E-state index is -4.37. The fraction of sp³-hybridized carbons (Fsp3) is 0.333. The van der Waals surface area contributed by atoms with E-state index in [1.54, 1.807) is 11.9 Å². The molecule has 1 fully saturated rings. The first-order valence-electron chi connectivity index (χ1n) is 6.63. The Morgan fingerprint density at radius 1 is 1.18 bits per heavy atom. The molecule has 22 heavy (non-hydrogen) atoms. The summed E-state index contributed by atoms with van der Waals surface area (Å²) < 4.78 is 37.6. The van der Waals surface area contributed by atoms with E-state index in [0.717, 1.165) is 12.1 Å². The van der Waals surface area contributed by atoms with Gasteiger partial charge in [-0.05, 0) is 49.8 Å². The molecule has 1 aromatic rings. The fourth-order valence-electron chi connectivity index (χ4n) is 2.16. The quantitative estimate of drug-likeness (QED) is 0.613. The molecule has 2 rings (SSSR count). The summed E-state index contributed by atoms with van der Waals surface area (Å²) in [6, 6.07) is 4.56. The van der Waals surface area contributed by atoms with Crippen LogP contribution in [0, 0.1) is 0 Å². The van der Waals surface area contributed by atoms with Gasteiger partial charge in [-0.3, -0.25) is 9.69 Å². The average Bonchev–Trinajstić information content (AvgIpc) is 2.62. The van der Waals surface area contributed by atoms with Gasteiger partial charge in [0.2, 0.25) is 0 Å². The van der Waals surface area contributed by atoms with E-state index in [1.165, 1.54) is 23.1 Å². The second-order valence-corrected chi connectivity index (χ2v) is 5.62. The van der Waals surface area contributed by atoms with E-state index in [2.05, 4.69) is 0 Å². The maximum atomic E-state index is 12.5. The van der Waals surface area contributed by atoms with Gasteiger partial charge in [0, 0.05) is 13.1 Å². The predicted octanol–water partition coefficient (Wildman–Crippen LogP) is 3.51. The molecular formula is C15H15F3N2OS. The Hall–Kier alpha value is -1.89. The van der Waals surface area contributed by atoms with Gasteiger partial charge in [0.25, 0.3) is 5.91 Å². The van der Waals surface area contributed by atoms with Crippen LogP contribution in [-0.4, -0.2) is 33.9 Å². The summed E-state index contributed by atoms with van der Waals surface area (Å²) in [5, 5.41) is 0.387. The van der Waals surface area contributed by atoms with Crippen LogP contribution in [0.25, 0.3) is 6.08 Å². The first-order chi connectivity index (χ1) is 10.1. The third kappa shape index (κ3) is 2.99. The Morgan fingerprint density at radius 2 is 1.73 bits per heavy atom. The van der Waals surface area contributed by atoms with Gasteiger partial charge in [0.15, 0.2) is 5.11 Å². The highest BCUT2D eigenvalue weighted by Gasteiger charge is 2.37. The molecule has 0 radical (unpaired) electrons. The number of hydrogen-bond donors (Lipinski definition) is 0. The number of hydrogen-bond acceptors (Lipinski definition) is 2. The zero-order valence-electron chi connectivity index (χ0n) is 12.3. The molecule has 0 bridgehead atoms. The van der Waals surface area contributed by atoms with Crippen molar-refractivity contribution in [1.82, 2.24) is 9.80 Å². The smallest absolute Gasteiger partial charge is 0.317 e. The van der Waals surface area contributed by atoms with Gasteiger partial charge in [-0.25, -0.2) is 0 Å². The highest BCUT2D eigenvalue weighted by atomic mass is 32.1. The van der Waals surface area contributed by atoms with Crippen LogP contribution in [0.5, 0.6) is 0 Å². The third-order valence-corrected chi connectivity index (χ3v) is 3.82. The molecule has 1 aliphatic rings. The molecule has 3 nitrogen and oxygen atoms in total. The molecule has 0 aromatic heterocycles. The molecule has 1 saturated heterocycles. The van der Waals surface area contributed by atoms with E-state index in [4.69, 9.17) is 12.2 Å². The van der Waals surface area contributed by atoms with E-state index >= 15 is 0 Å². The summed E-state index contributed by atoms with van der Waals surface area (Å²) in [4.78, 5) is 15.4. The van der Waals surface area contributed by atoms with Crippen molar-refractivity contribution in [3.05, 3.63) is 41.1 Å². The van der Waals surface area contributed by atoms with Crippen LogP contribution in [0.1, 0.15) is 25.0 Å². The van der Waals surface area contributed by atoms with Crippen molar-refractivity contribution in [3.63, 3.8) is 0 Å². The molecule has 1 aliphatic heterocycles. The van der Waals surface area contributed by atoms with Crippen LogP contribution < -0.4 is 0 Å². The van der Waals surface area contributed by atoms with E-state index in [0.29, 0.717) is 16.4 Å². The summed E-state index contributed by atoms with van der Waals surface area (Å²) in [6.07, 6.45) is -2.83. The van der Waals surface area contributed by atoms with Crippen molar-refractivity contribution in [2.24, 2.45) is 0 Å². The highest BCUT2D eigenvalue weighted by Crippen LogP contribution is 2.30. The molecule has 0 atom stereocenters. The second kappa shape index (κ2) is 5.72. The zero-order chi connectivity index (χ0) is 16.7. The maximum Gasteiger partial charge on any atom is 0.416 e. The van der Waals surface area contributed by atoms with Crippen molar-refractivity contribution in [2.75, 3.05) is 7.05 Å². The van der Waals surface area contributed by atoms with Gasteiger partial charge in [0.05, 0.1) is 5.56 Å². The number of amides is 1. The van der Waals surface area contributed by atoms with Crippen LogP contribution in [0.2, 0.25) is 0 Å². The molecule has 1 heterocycles. The van der Waals surface area contributed by atoms with Crippen molar-refractivity contribution >= 4 is 29.3 Å². The van der Waals surface area contributed by atoms with Crippen molar-refractivity contribution < 1.29 is 18.0 Å². The second-order valence-electron chi connectivity index (χ2n) is 5.26. The monoisotopic (exact) mass is 328 g/mol. The molecule has 0 N–H and O–H groups in total. The lowest BCUT2D eigenvalue weighted by Gasteiger charge is -2.19. The van der Waals surface area contributed by atoms with Gasteiger partial charge in [0.1, 0.15) is 5.70 Å². The summed E-state index contributed by atoms with van der Waals surface area (Å²) in [7, 11) is 1.67. The number of halogens is 3. The number of carbonyl (C=O) groups is 1. The molecule has 0 spiro atoms. The first kappa shape index (κ1) is 16.5. The lowest BCUT2D eigenvalue weighted by atomic mass is 10.1. The summed E-state index contributed by atoms with van der Waals surface area (Å²) >= 11 is 5.22. The van der Waals surface area contributed by atoms with Crippen LogP contribution >= 0.6 is 12.2 Å². The van der Waals surface area contributed by atoms with Crippen molar-refractivity contribution in [3.8, 4) is 0 Å². The Labute approximate surface area is 132 Å². The third-order valence-electron chi connectivity index (χ3n) is 3.35. The fourth-order valence-corrected chi connectivity index (χ4v) is 2.55. The van der Waals surface area contributed by atoms with E-state index in [-0.39, 0.29) is 11.9 Å². The largest absolute Gasteiger partial charge is 0.416 e. The van der Waals surface area contributed by atoms with Gasteiger partial charge >= 0.3 is 6.18 Å². The van der Waals surface area contributed by atoms with Gasteiger partial charge in [-0.1, -0.05) is 12.1 Å². The minimum absolute atomic E-state index is 0.0824. The van der Waals surface area contributed by atoms with Crippen molar-refractivity contribution in [1.29, 1.82) is 0 Å². The summed E-state index contributed by atoms with van der Waals surface area (Å²) in [5.41, 5.74) is 0.134. The molecule has 0 saturated carbocycles. The van der Waals surface area contributed by atoms with Gasteiger partial charge in [-0.2, -0.15) is 13.2 Å². The number of thiocarbonyl (C=S) groups is 1. The molecular weight excluding hydrogens is 313 g/mol. The normalized spacial score (nSPS) is 18.0. The summed E-state index contributed by atoms with van der Waals surface area (Å²) in [5.74, 6) is -0.248. The molecule has 1 amide bonds. The zero-order valence-corrected chi connectivity index (χ0v) is 13.1. The Bertz CT molecular complexity index is 635. The lowest BCUT2D eigenvalue weighted by Crippen LogP contribution is -2.36. The maximum absolute atomic E-state index is 12.5. The standard InChI is InChI=1S/C15H15F3N2OS/c1-9(2)20-13(21)12(19(3)14(20)22)8-10-4-6-11(7-5-10)15(16,17)18/h4-9H,1-3H3.